The molecular weight excluding hydrogens is 344 g/mol. The van der Waals surface area contributed by atoms with E-state index >= 15 is 0 Å². The van der Waals surface area contributed by atoms with Crippen LogP contribution in [-0.4, -0.2) is 42.9 Å². The van der Waals surface area contributed by atoms with Crippen LogP contribution in [0.4, 0.5) is 16.2 Å². The van der Waals surface area contributed by atoms with Gasteiger partial charge in [-0.25, -0.2) is 4.79 Å². The van der Waals surface area contributed by atoms with E-state index in [1.807, 2.05) is 61.6 Å². The fraction of sp³-hybridized carbons (Fsp3) is 0.250. The lowest BCUT2D eigenvalue weighted by Gasteiger charge is -2.26. The number of hydrogen-bond acceptors (Lipinski definition) is 4. The SMILES string of the molecule is CN(Cc1ccccc1)c1ccccc1NC(=O)CN1CCC(=O)NC1=O. The summed E-state index contributed by atoms with van der Waals surface area (Å²) >= 11 is 0. The first-order valence-corrected chi connectivity index (χ1v) is 8.75. The van der Waals surface area contributed by atoms with E-state index in [1.54, 1.807) is 0 Å². The molecule has 0 atom stereocenters. The Kier molecular flexibility index (Phi) is 5.71. The molecule has 2 N–H and O–H groups in total. The van der Waals surface area contributed by atoms with Gasteiger partial charge in [-0.3, -0.25) is 14.9 Å². The van der Waals surface area contributed by atoms with Crippen LogP contribution in [0, 0.1) is 0 Å². The third-order valence-electron chi connectivity index (χ3n) is 4.33. The summed E-state index contributed by atoms with van der Waals surface area (Å²) in [5.41, 5.74) is 2.72. The van der Waals surface area contributed by atoms with E-state index in [4.69, 9.17) is 0 Å². The van der Waals surface area contributed by atoms with Crippen LogP contribution in [0.25, 0.3) is 0 Å². The Morgan fingerprint density at radius 1 is 1.11 bits per heavy atom. The van der Waals surface area contributed by atoms with Gasteiger partial charge in [0.25, 0.3) is 0 Å². The molecule has 1 aliphatic rings. The van der Waals surface area contributed by atoms with Gasteiger partial charge in [-0.15, -0.1) is 0 Å². The monoisotopic (exact) mass is 366 g/mol. The highest BCUT2D eigenvalue weighted by atomic mass is 16.2. The third kappa shape index (κ3) is 4.84. The Hall–Kier alpha value is -3.35. The highest BCUT2D eigenvalue weighted by Gasteiger charge is 2.24. The summed E-state index contributed by atoms with van der Waals surface area (Å²) in [6.45, 7) is 0.841. The van der Waals surface area contributed by atoms with Crippen molar-refractivity contribution in [3.05, 3.63) is 60.2 Å². The number of amides is 4. The maximum Gasteiger partial charge on any atom is 0.324 e. The number of urea groups is 1. The second-order valence-corrected chi connectivity index (χ2v) is 6.43. The highest BCUT2D eigenvalue weighted by Crippen LogP contribution is 2.26. The summed E-state index contributed by atoms with van der Waals surface area (Å²) in [6, 6.07) is 17.0. The molecule has 2 aromatic carbocycles. The Bertz CT molecular complexity index is 838. The van der Waals surface area contributed by atoms with E-state index in [1.165, 1.54) is 4.90 Å². The number of para-hydroxylation sites is 2. The molecule has 0 radical (unpaired) electrons. The van der Waals surface area contributed by atoms with E-state index < -0.39 is 6.03 Å². The van der Waals surface area contributed by atoms with E-state index in [2.05, 4.69) is 15.5 Å². The molecule has 0 unspecified atom stereocenters. The molecule has 3 rings (SSSR count). The molecule has 0 aliphatic carbocycles. The first-order chi connectivity index (χ1) is 13.0. The maximum atomic E-state index is 12.4. The van der Waals surface area contributed by atoms with Gasteiger partial charge in [-0.1, -0.05) is 42.5 Å². The topological polar surface area (TPSA) is 81.8 Å². The molecule has 0 aromatic heterocycles. The van der Waals surface area contributed by atoms with Crippen LogP contribution in [0.5, 0.6) is 0 Å². The summed E-state index contributed by atoms with van der Waals surface area (Å²) in [5.74, 6) is -0.621. The molecule has 1 saturated heterocycles. The second-order valence-electron chi connectivity index (χ2n) is 6.43. The van der Waals surface area contributed by atoms with Gasteiger partial charge in [0.1, 0.15) is 6.54 Å². The van der Waals surface area contributed by atoms with Crippen molar-refractivity contribution in [2.45, 2.75) is 13.0 Å². The molecule has 1 heterocycles. The zero-order valence-corrected chi connectivity index (χ0v) is 15.1. The number of imide groups is 1. The van der Waals surface area contributed by atoms with Crippen LogP contribution in [0.3, 0.4) is 0 Å². The minimum atomic E-state index is -0.532. The van der Waals surface area contributed by atoms with Crippen molar-refractivity contribution in [2.24, 2.45) is 0 Å². The van der Waals surface area contributed by atoms with Gasteiger partial charge in [0.05, 0.1) is 11.4 Å². The summed E-state index contributed by atoms with van der Waals surface area (Å²) in [5, 5.41) is 5.08. The normalized spacial score (nSPS) is 13.9. The predicted octanol–water partition coefficient (Wildman–Crippen LogP) is 2.20. The quantitative estimate of drug-likeness (QED) is 0.821. The summed E-state index contributed by atoms with van der Waals surface area (Å²) in [7, 11) is 1.96. The van der Waals surface area contributed by atoms with Gasteiger partial charge in [0, 0.05) is 26.6 Å². The van der Waals surface area contributed by atoms with Gasteiger partial charge < -0.3 is 15.1 Å². The fourth-order valence-corrected chi connectivity index (χ4v) is 2.97. The molecule has 7 heteroatoms. The second kappa shape index (κ2) is 8.35. The number of anilines is 2. The molecule has 7 nitrogen and oxygen atoms in total. The zero-order chi connectivity index (χ0) is 19.2. The first kappa shape index (κ1) is 18.4. The van der Waals surface area contributed by atoms with Crippen molar-refractivity contribution in [3.8, 4) is 0 Å². The van der Waals surface area contributed by atoms with Gasteiger partial charge in [-0.05, 0) is 17.7 Å². The predicted molar refractivity (Wildman–Crippen MR) is 103 cm³/mol. The van der Waals surface area contributed by atoms with E-state index in [0.29, 0.717) is 12.2 Å². The standard InChI is InChI=1S/C20H22N4O3/c1-23(13-15-7-3-2-4-8-15)17-10-6-5-9-16(17)21-19(26)14-24-12-11-18(25)22-20(24)27/h2-10H,11-14H2,1H3,(H,21,26)(H,22,25,27). The fourth-order valence-electron chi connectivity index (χ4n) is 2.97. The van der Waals surface area contributed by atoms with E-state index in [0.717, 1.165) is 11.3 Å². The van der Waals surface area contributed by atoms with Crippen molar-refractivity contribution >= 4 is 29.2 Å². The molecule has 1 aliphatic heterocycles. The Morgan fingerprint density at radius 2 is 1.81 bits per heavy atom. The summed E-state index contributed by atoms with van der Waals surface area (Å²) in [4.78, 5) is 38.8. The Labute approximate surface area is 158 Å². The average molecular weight is 366 g/mol. The van der Waals surface area contributed by atoms with Crippen LogP contribution in [0.15, 0.2) is 54.6 Å². The number of nitrogens with one attached hydrogen (secondary N) is 2. The maximum absolute atomic E-state index is 12.4. The number of hydrogen-bond donors (Lipinski definition) is 2. The lowest BCUT2D eigenvalue weighted by Crippen LogP contribution is -2.51. The van der Waals surface area contributed by atoms with Gasteiger partial charge in [0.2, 0.25) is 11.8 Å². The lowest BCUT2D eigenvalue weighted by molar-refractivity contribution is -0.123. The average Bonchev–Trinajstić information content (AvgIpc) is 2.65. The molecule has 140 valence electrons. The van der Waals surface area contributed by atoms with E-state index in [9.17, 15) is 14.4 Å². The number of nitrogens with zero attached hydrogens (tertiary/aromatic N) is 2. The van der Waals surface area contributed by atoms with Crippen molar-refractivity contribution in [2.75, 3.05) is 30.4 Å². The van der Waals surface area contributed by atoms with Crippen LogP contribution in [0.2, 0.25) is 0 Å². The number of benzene rings is 2. The lowest BCUT2D eigenvalue weighted by atomic mass is 10.2. The summed E-state index contributed by atoms with van der Waals surface area (Å²) in [6.07, 6.45) is 0.204. The molecule has 0 spiro atoms. The minimum absolute atomic E-state index is 0.101. The van der Waals surface area contributed by atoms with E-state index in [-0.39, 0.29) is 31.3 Å². The van der Waals surface area contributed by atoms with Crippen LogP contribution >= 0.6 is 0 Å². The van der Waals surface area contributed by atoms with Gasteiger partial charge in [0.15, 0.2) is 0 Å². The van der Waals surface area contributed by atoms with Gasteiger partial charge >= 0.3 is 6.03 Å². The molecule has 4 amide bonds. The van der Waals surface area contributed by atoms with Crippen LogP contribution in [0.1, 0.15) is 12.0 Å². The van der Waals surface area contributed by atoms with Crippen molar-refractivity contribution in [1.29, 1.82) is 0 Å². The molecular formula is C20H22N4O3. The number of carbonyl (C=O) groups excluding carboxylic acids is 3. The largest absolute Gasteiger partial charge is 0.369 e. The van der Waals surface area contributed by atoms with Crippen LogP contribution in [-0.2, 0) is 16.1 Å². The van der Waals surface area contributed by atoms with Crippen molar-refractivity contribution < 1.29 is 14.4 Å². The minimum Gasteiger partial charge on any atom is -0.369 e. The molecule has 1 fully saturated rings. The number of carbonyl (C=O) groups is 3. The molecule has 0 saturated carbocycles. The third-order valence-corrected chi connectivity index (χ3v) is 4.33. The molecule has 27 heavy (non-hydrogen) atoms. The van der Waals surface area contributed by atoms with Gasteiger partial charge in [-0.2, -0.15) is 0 Å². The Balaban J connectivity index is 1.65. The smallest absolute Gasteiger partial charge is 0.324 e. The Morgan fingerprint density at radius 3 is 2.56 bits per heavy atom. The zero-order valence-electron chi connectivity index (χ0n) is 15.1. The van der Waals surface area contributed by atoms with Crippen molar-refractivity contribution in [1.82, 2.24) is 10.2 Å². The molecule has 0 bridgehead atoms. The highest BCUT2D eigenvalue weighted by molar-refractivity contribution is 6.01. The first-order valence-electron chi connectivity index (χ1n) is 8.75. The van der Waals surface area contributed by atoms with Crippen LogP contribution < -0.4 is 15.5 Å². The summed E-state index contributed by atoms with van der Waals surface area (Å²) < 4.78 is 0. The number of rotatable bonds is 6. The molecule has 2 aromatic rings. The van der Waals surface area contributed by atoms with Crippen molar-refractivity contribution in [3.63, 3.8) is 0 Å².